The Hall–Kier alpha value is -0.610. The summed E-state index contributed by atoms with van der Waals surface area (Å²) in [6, 6.07) is 0. The third kappa shape index (κ3) is 2.95. The fraction of sp³-hybridized carbons (Fsp3) is 0.933. The van der Waals surface area contributed by atoms with Gasteiger partial charge >= 0.3 is 0 Å². The van der Waals surface area contributed by atoms with Crippen LogP contribution in [0.3, 0.4) is 0 Å². The number of likely N-dealkylation sites (tertiary alicyclic amines) is 1. The van der Waals surface area contributed by atoms with Crippen molar-refractivity contribution in [2.45, 2.75) is 51.6 Å². The predicted octanol–water partition coefficient (Wildman–Crippen LogP) is 1.37. The maximum absolute atomic E-state index is 12.5. The van der Waals surface area contributed by atoms with Gasteiger partial charge < -0.3 is 15.7 Å². The van der Waals surface area contributed by atoms with E-state index >= 15 is 0 Å². The molecular formula is C15H28N2O2. The third-order valence-electron chi connectivity index (χ3n) is 5.12. The quantitative estimate of drug-likeness (QED) is 0.812. The Kier molecular flexibility index (Phi) is 4.51. The van der Waals surface area contributed by atoms with Crippen LogP contribution in [0.4, 0.5) is 0 Å². The number of carbonyl (C=O) groups excluding carboxylic acids is 1. The zero-order valence-electron chi connectivity index (χ0n) is 12.3. The fourth-order valence-corrected chi connectivity index (χ4v) is 3.66. The molecule has 1 aliphatic carbocycles. The average molecular weight is 268 g/mol. The summed E-state index contributed by atoms with van der Waals surface area (Å²) in [5.74, 6) is 0.661. The molecule has 19 heavy (non-hydrogen) atoms. The van der Waals surface area contributed by atoms with Crippen LogP contribution < -0.4 is 5.73 Å². The first kappa shape index (κ1) is 14.8. The summed E-state index contributed by atoms with van der Waals surface area (Å²) >= 11 is 0. The number of rotatable bonds is 3. The first-order valence-corrected chi connectivity index (χ1v) is 7.69. The minimum absolute atomic E-state index is 0.0743. The Balaban J connectivity index is 2.02. The molecule has 110 valence electrons. The van der Waals surface area contributed by atoms with Crippen molar-refractivity contribution in [3.63, 3.8) is 0 Å². The number of aliphatic hydroxyl groups is 1. The summed E-state index contributed by atoms with van der Waals surface area (Å²) < 4.78 is 0. The van der Waals surface area contributed by atoms with Gasteiger partial charge in [0.05, 0.1) is 11.5 Å². The van der Waals surface area contributed by atoms with E-state index in [1.54, 1.807) is 0 Å². The number of nitrogens with two attached hydrogens (primary N) is 1. The molecule has 0 radical (unpaired) electrons. The zero-order chi connectivity index (χ0) is 14.0. The van der Waals surface area contributed by atoms with Gasteiger partial charge in [-0.15, -0.1) is 0 Å². The number of carbonyl (C=O) groups is 1. The molecule has 2 fully saturated rings. The van der Waals surface area contributed by atoms with Gasteiger partial charge in [0.1, 0.15) is 0 Å². The second kappa shape index (κ2) is 5.80. The normalized spacial score (nSPS) is 33.1. The summed E-state index contributed by atoms with van der Waals surface area (Å²) in [4.78, 5) is 14.5. The van der Waals surface area contributed by atoms with E-state index in [9.17, 15) is 9.90 Å². The summed E-state index contributed by atoms with van der Waals surface area (Å²) in [6.45, 7) is 5.93. The van der Waals surface area contributed by atoms with Crippen LogP contribution in [0.25, 0.3) is 0 Å². The lowest BCUT2D eigenvalue weighted by Gasteiger charge is -2.48. The van der Waals surface area contributed by atoms with Crippen molar-refractivity contribution in [1.29, 1.82) is 0 Å². The van der Waals surface area contributed by atoms with Crippen molar-refractivity contribution >= 4 is 5.91 Å². The number of piperidine rings is 1. The second-order valence-electron chi connectivity index (χ2n) is 6.67. The van der Waals surface area contributed by atoms with E-state index in [1.807, 2.05) is 4.90 Å². The Labute approximate surface area is 116 Å². The largest absolute Gasteiger partial charge is 0.389 e. The van der Waals surface area contributed by atoms with E-state index in [2.05, 4.69) is 13.8 Å². The van der Waals surface area contributed by atoms with Crippen molar-refractivity contribution in [2.24, 2.45) is 23.5 Å². The lowest BCUT2D eigenvalue weighted by molar-refractivity contribution is -0.148. The van der Waals surface area contributed by atoms with Gasteiger partial charge in [-0.05, 0) is 25.2 Å². The molecule has 3 atom stereocenters. The molecule has 1 heterocycles. The molecule has 1 aliphatic heterocycles. The number of hydrogen-bond acceptors (Lipinski definition) is 3. The number of fused-ring (bicyclic) bond motifs is 1. The molecule has 3 N–H and O–H groups in total. The zero-order valence-corrected chi connectivity index (χ0v) is 12.3. The minimum atomic E-state index is -0.509. The van der Waals surface area contributed by atoms with Crippen LogP contribution in [0, 0.1) is 17.8 Å². The molecule has 0 aromatic carbocycles. The predicted molar refractivity (Wildman–Crippen MR) is 75.5 cm³/mol. The van der Waals surface area contributed by atoms with Crippen molar-refractivity contribution in [2.75, 3.05) is 19.6 Å². The van der Waals surface area contributed by atoms with Crippen molar-refractivity contribution in [1.82, 2.24) is 4.90 Å². The van der Waals surface area contributed by atoms with Crippen LogP contribution in [-0.4, -0.2) is 41.1 Å². The van der Waals surface area contributed by atoms with Gasteiger partial charge in [0.15, 0.2) is 0 Å². The van der Waals surface area contributed by atoms with E-state index < -0.39 is 5.60 Å². The molecule has 2 rings (SSSR count). The highest BCUT2D eigenvalue weighted by Crippen LogP contribution is 2.40. The van der Waals surface area contributed by atoms with Gasteiger partial charge in [0, 0.05) is 25.6 Å². The topological polar surface area (TPSA) is 66.6 Å². The standard InChI is InChI=1S/C15H28N2O2/c1-11(2)13(9-16)14(18)17-8-7-15(19)6-4-3-5-12(15)10-17/h11-13,19H,3-10,16H2,1-2H3. The summed E-state index contributed by atoms with van der Waals surface area (Å²) in [7, 11) is 0. The smallest absolute Gasteiger partial charge is 0.227 e. The second-order valence-corrected chi connectivity index (χ2v) is 6.67. The first-order chi connectivity index (χ1) is 8.98. The van der Waals surface area contributed by atoms with Crippen LogP contribution in [0.1, 0.15) is 46.0 Å². The summed E-state index contributed by atoms with van der Waals surface area (Å²) in [5.41, 5.74) is 5.23. The van der Waals surface area contributed by atoms with E-state index in [-0.39, 0.29) is 23.7 Å². The van der Waals surface area contributed by atoms with Crippen LogP contribution in [0.5, 0.6) is 0 Å². The molecular weight excluding hydrogens is 240 g/mol. The highest BCUT2D eigenvalue weighted by Gasteiger charge is 2.44. The fourth-order valence-electron chi connectivity index (χ4n) is 3.66. The van der Waals surface area contributed by atoms with Gasteiger partial charge in [-0.1, -0.05) is 26.7 Å². The Morgan fingerprint density at radius 1 is 1.42 bits per heavy atom. The van der Waals surface area contributed by atoms with E-state index in [0.717, 1.165) is 32.2 Å². The van der Waals surface area contributed by atoms with Gasteiger partial charge in [-0.3, -0.25) is 4.79 Å². The lowest BCUT2D eigenvalue weighted by atomic mass is 9.71. The Morgan fingerprint density at radius 3 is 2.79 bits per heavy atom. The highest BCUT2D eigenvalue weighted by atomic mass is 16.3. The molecule has 1 saturated carbocycles. The van der Waals surface area contributed by atoms with Crippen LogP contribution >= 0.6 is 0 Å². The van der Waals surface area contributed by atoms with E-state index in [0.29, 0.717) is 13.1 Å². The number of nitrogens with zero attached hydrogens (tertiary/aromatic N) is 1. The molecule has 1 amide bonds. The van der Waals surface area contributed by atoms with Gasteiger partial charge in [-0.2, -0.15) is 0 Å². The lowest BCUT2D eigenvalue weighted by Crippen LogP contribution is -2.56. The molecule has 4 heteroatoms. The van der Waals surface area contributed by atoms with Gasteiger partial charge in [0.25, 0.3) is 0 Å². The molecule has 0 aromatic heterocycles. The molecule has 0 spiro atoms. The van der Waals surface area contributed by atoms with Crippen LogP contribution in [0.15, 0.2) is 0 Å². The number of amides is 1. The van der Waals surface area contributed by atoms with Crippen molar-refractivity contribution in [3.05, 3.63) is 0 Å². The van der Waals surface area contributed by atoms with E-state index in [4.69, 9.17) is 5.73 Å². The Bertz CT molecular complexity index is 332. The molecule has 1 saturated heterocycles. The summed E-state index contributed by atoms with van der Waals surface area (Å²) in [6.07, 6.45) is 5.00. The third-order valence-corrected chi connectivity index (χ3v) is 5.12. The highest BCUT2D eigenvalue weighted by molar-refractivity contribution is 5.79. The molecule has 3 unspecified atom stereocenters. The average Bonchev–Trinajstić information content (AvgIpc) is 2.37. The van der Waals surface area contributed by atoms with Gasteiger partial charge in [0.2, 0.25) is 5.91 Å². The molecule has 4 nitrogen and oxygen atoms in total. The van der Waals surface area contributed by atoms with Crippen LogP contribution in [0.2, 0.25) is 0 Å². The first-order valence-electron chi connectivity index (χ1n) is 7.69. The van der Waals surface area contributed by atoms with Crippen molar-refractivity contribution < 1.29 is 9.90 Å². The monoisotopic (exact) mass is 268 g/mol. The van der Waals surface area contributed by atoms with Crippen LogP contribution in [-0.2, 0) is 4.79 Å². The maximum atomic E-state index is 12.5. The maximum Gasteiger partial charge on any atom is 0.227 e. The Morgan fingerprint density at radius 2 is 2.16 bits per heavy atom. The van der Waals surface area contributed by atoms with Crippen molar-refractivity contribution in [3.8, 4) is 0 Å². The number of hydrogen-bond donors (Lipinski definition) is 2. The minimum Gasteiger partial charge on any atom is -0.389 e. The van der Waals surface area contributed by atoms with Gasteiger partial charge in [-0.25, -0.2) is 0 Å². The SMILES string of the molecule is CC(C)C(CN)C(=O)N1CCC2(O)CCCCC2C1. The van der Waals surface area contributed by atoms with E-state index in [1.165, 1.54) is 6.42 Å². The molecule has 0 aromatic rings. The molecule has 2 aliphatic rings. The summed E-state index contributed by atoms with van der Waals surface area (Å²) in [5, 5.41) is 10.6. The molecule has 0 bridgehead atoms.